The van der Waals surface area contributed by atoms with Crippen LogP contribution in [0.1, 0.15) is 16.7 Å². The summed E-state index contributed by atoms with van der Waals surface area (Å²) in [5.41, 5.74) is 2.64. The molecule has 0 spiro atoms. The molecule has 0 atom stereocenters. The predicted octanol–water partition coefficient (Wildman–Crippen LogP) is 5.45. The SMILES string of the molecule is COc1cc(OC)c(C#Cc2ccc(OC)c(OCc3ccccc3)c2)cc1Br. The van der Waals surface area contributed by atoms with Gasteiger partial charge in [-0.05, 0) is 45.8 Å². The van der Waals surface area contributed by atoms with Crippen molar-refractivity contribution in [2.75, 3.05) is 21.3 Å². The number of hydrogen-bond acceptors (Lipinski definition) is 4. The van der Waals surface area contributed by atoms with Crippen LogP contribution >= 0.6 is 15.9 Å². The van der Waals surface area contributed by atoms with E-state index in [2.05, 4.69) is 27.8 Å². The molecule has 0 N–H and O–H groups in total. The second-order valence-electron chi connectivity index (χ2n) is 6.08. The van der Waals surface area contributed by atoms with Crippen molar-refractivity contribution in [2.24, 2.45) is 0 Å². The highest BCUT2D eigenvalue weighted by atomic mass is 79.9. The molecule has 0 fully saturated rings. The molecule has 5 heteroatoms. The lowest BCUT2D eigenvalue weighted by molar-refractivity contribution is 0.284. The van der Waals surface area contributed by atoms with E-state index in [-0.39, 0.29) is 0 Å². The summed E-state index contributed by atoms with van der Waals surface area (Å²) in [5, 5.41) is 0. The number of methoxy groups -OCH3 is 3. The highest BCUT2D eigenvalue weighted by Gasteiger charge is 2.09. The third-order valence-corrected chi connectivity index (χ3v) is 4.84. The molecule has 0 saturated heterocycles. The topological polar surface area (TPSA) is 36.9 Å². The lowest BCUT2D eigenvalue weighted by Crippen LogP contribution is -1.98. The minimum atomic E-state index is 0.452. The van der Waals surface area contributed by atoms with Crippen molar-refractivity contribution in [1.82, 2.24) is 0 Å². The molecular formula is C24H21BrO4. The van der Waals surface area contributed by atoms with Gasteiger partial charge in [-0.3, -0.25) is 0 Å². The minimum Gasteiger partial charge on any atom is -0.495 e. The zero-order chi connectivity index (χ0) is 20.6. The zero-order valence-corrected chi connectivity index (χ0v) is 18.1. The van der Waals surface area contributed by atoms with Crippen molar-refractivity contribution in [3.8, 4) is 34.8 Å². The molecule has 0 radical (unpaired) electrons. The van der Waals surface area contributed by atoms with Crippen molar-refractivity contribution in [2.45, 2.75) is 6.61 Å². The maximum absolute atomic E-state index is 5.96. The van der Waals surface area contributed by atoms with Gasteiger partial charge in [0.25, 0.3) is 0 Å². The first-order valence-corrected chi connectivity index (χ1v) is 9.72. The van der Waals surface area contributed by atoms with Crippen LogP contribution in [0, 0.1) is 11.8 Å². The molecule has 148 valence electrons. The molecule has 0 aliphatic carbocycles. The molecule has 4 nitrogen and oxygen atoms in total. The maximum atomic E-state index is 5.96. The summed E-state index contributed by atoms with van der Waals surface area (Å²) in [4.78, 5) is 0. The average molecular weight is 453 g/mol. The Hall–Kier alpha value is -3.10. The van der Waals surface area contributed by atoms with Gasteiger partial charge in [0.05, 0.1) is 31.4 Å². The first-order valence-electron chi connectivity index (χ1n) is 8.93. The quantitative estimate of drug-likeness (QED) is 0.465. The molecule has 0 aliphatic rings. The predicted molar refractivity (Wildman–Crippen MR) is 117 cm³/mol. The number of rotatable bonds is 6. The van der Waals surface area contributed by atoms with E-state index in [0.717, 1.165) is 21.2 Å². The molecule has 0 aromatic heterocycles. The fraction of sp³-hybridized carbons (Fsp3) is 0.167. The normalized spacial score (nSPS) is 9.93. The van der Waals surface area contributed by atoms with E-state index < -0.39 is 0 Å². The Morgan fingerprint density at radius 1 is 0.724 bits per heavy atom. The van der Waals surface area contributed by atoms with Crippen LogP contribution in [0.2, 0.25) is 0 Å². The average Bonchev–Trinajstić information content (AvgIpc) is 2.77. The standard InChI is InChI=1S/C24H21BrO4/c1-26-21-12-10-17(13-24(21)29-16-18-7-5-4-6-8-18)9-11-19-14-20(25)23(28-3)15-22(19)27-2/h4-8,10,12-15H,16H2,1-3H3. The van der Waals surface area contributed by atoms with Gasteiger partial charge in [0, 0.05) is 11.6 Å². The molecule has 29 heavy (non-hydrogen) atoms. The van der Waals surface area contributed by atoms with Gasteiger partial charge >= 0.3 is 0 Å². The van der Waals surface area contributed by atoms with Crippen molar-refractivity contribution >= 4 is 15.9 Å². The zero-order valence-electron chi connectivity index (χ0n) is 16.5. The molecule has 0 amide bonds. The Morgan fingerprint density at radius 3 is 2.14 bits per heavy atom. The Labute approximate surface area is 179 Å². The van der Waals surface area contributed by atoms with Crippen LogP contribution < -0.4 is 18.9 Å². The van der Waals surface area contributed by atoms with Crippen molar-refractivity contribution in [3.05, 3.63) is 81.8 Å². The van der Waals surface area contributed by atoms with Crippen LogP contribution in [0.4, 0.5) is 0 Å². The summed E-state index contributed by atoms with van der Waals surface area (Å²) in [6.45, 7) is 0.452. The van der Waals surface area contributed by atoms with Gasteiger partial charge < -0.3 is 18.9 Å². The molecule has 0 saturated carbocycles. The second-order valence-corrected chi connectivity index (χ2v) is 6.93. The van der Waals surface area contributed by atoms with Gasteiger partial charge in [0.2, 0.25) is 0 Å². The summed E-state index contributed by atoms with van der Waals surface area (Å²) >= 11 is 3.49. The van der Waals surface area contributed by atoms with Gasteiger partial charge in [-0.1, -0.05) is 42.2 Å². The molecule has 0 heterocycles. The van der Waals surface area contributed by atoms with Gasteiger partial charge in [-0.15, -0.1) is 0 Å². The summed E-state index contributed by atoms with van der Waals surface area (Å²) in [6.07, 6.45) is 0. The third-order valence-electron chi connectivity index (χ3n) is 4.22. The second kappa shape index (κ2) is 9.90. The number of ether oxygens (including phenoxy) is 4. The van der Waals surface area contributed by atoms with Crippen LogP contribution in [-0.2, 0) is 6.61 Å². The monoisotopic (exact) mass is 452 g/mol. The van der Waals surface area contributed by atoms with Gasteiger partial charge in [0.1, 0.15) is 18.1 Å². The summed E-state index contributed by atoms with van der Waals surface area (Å²) in [5.74, 6) is 8.96. The van der Waals surface area contributed by atoms with Gasteiger partial charge in [-0.25, -0.2) is 0 Å². The van der Waals surface area contributed by atoms with Gasteiger partial charge in [0.15, 0.2) is 11.5 Å². The van der Waals surface area contributed by atoms with E-state index in [1.807, 2.05) is 54.6 Å². The van der Waals surface area contributed by atoms with Crippen LogP contribution in [0.15, 0.2) is 65.1 Å². The molecule has 0 aliphatic heterocycles. The lowest BCUT2D eigenvalue weighted by atomic mass is 10.1. The Bertz CT molecular complexity index is 1040. The minimum absolute atomic E-state index is 0.452. The van der Waals surface area contributed by atoms with E-state index in [1.165, 1.54) is 0 Å². The maximum Gasteiger partial charge on any atom is 0.162 e. The Balaban J connectivity index is 1.87. The molecule has 0 unspecified atom stereocenters. The highest BCUT2D eigenvalue weighted by molar-refractivity contribution is 9.10. The Kier molecular flexibility index (Phi) is 7.04. The summed E-state index contributed by atoms with van der Waals surface area (Å²) in [7, 11) is 4.84. The molecule has 3 aromatic rings. The lowest BCUT2D eigenvalue weighted by Gasteiger charge is -2.11. The molecular weight excluding hydrogens is 432 g/mol. The molecule has 0 bridgehead atoms. The van der Waals surface area contributed by atoms with E-state index in [9.17, 15) is 0 Å². The van der Waals surface area contributed by atoms with Crippen molar-refractivity contribution in [3.63, 3.8) is 0 Å². The third kappa shape index (κ3) is 5.24. The van der Waals surface area contributed by atoms with Crippen LogP contribution in [0.25, 0.3) is 0 Å². The Morgan fingerprint density at radius 2 is 1.45 bits per heavy atom. The fourth-order valence-electron chi connectivity index (χ4n) is 2.70. The van der Waals surface area contributed by atoms with E-state index in [4.69, 9.17) is 18.9 Å². The van der Waals surface area contributed by atoms with Crippen LogP contribution in [0.3, 0.4) is 0 Å². The van der Waals surface area contributed by atoms with E-state index in [1.54, 1.807) is 27.4 Å². The number of hydrogen-bond donors (Lipinski definition) is 0. The summed E-state index contributed by atoms with van der Waals surface area (Å²) in [6, 6.07) is 19.3. The first-order chi connectivity index (χ1) is 14.1. The highest BCUT2D eigenvalue weighted by Crippen LogP contribution is 2.33. The smallest absolute Gasteiger partial charge is 0.162 e. The number of halogens is 1. The largest absolute Gasteiger partial charge is 0.495 e. The summed E-state index contributed by atoms with van der Waals surface area (Å²) < 4.78 is 22.9. The van der Waals surface area contributed by atoms with Crippen LogP contribution in [0.5, 0.6) is 23.0 Å². The van der Waals surface area contributed by atoms with E-state index in [0.29, 0.717) is 29.6 Å². The van der Waals surface area contributed by atoms with Crippen molar-refractivity contribution in [1.29, 1.82) is 0 Å². The van der Waals surface area contributed by atoms with Crippen LogP contribution in [-0.4, -0.2) is 21.3 Å². The fourth-order valence-corrected chi connectivity index (χ4v) is 3.21. The molecule has 3 aromatic carbocycles. The van der Waals surface area contributed by atoms with Gasteiger partial charge in [-0.2, -0.15) is 0 Å². The first kappa shape index (κ1) is 20.6. The molecule has 3 rings (SSSR count). The van der Waals surface area contributed by atoms with Crippen molar-refractivity contribution < 1.29 is 18.9 Å². The van der Waals surface area contributed by atoms with E-state index >= 15 is 0 Å². The number of benzene rings is 3.